The molecule has 3 N–H and O–H groups in total. The third-order valence-corrected chi connectivity index (χ3v) is 8.39. The van der Waals surface area contributed by atoms with Gasteiger partial charge in [0.2, 0.25) is 0 Å². The van der Waals surface area contributed by atoms with Crippen LogP contribution in [0, 0.1) is 19.3 Å². The molecule has 1 unspecified atom stereocenters. The van der Waals surface area contributed by atoms with Crippen molar-refractivity contribution in [3.8, 4) is 0 Å². The summed E-state index contributed by atoms with van der Waals surface area (Å²) < 4.78 is 0. The molecule has 0 aromatic heterocycles. The lowest BCUT2D eigenvalue weighted by atomic mass is 9.69. The third-order valence-electron chi connectivity index (χ3n) is 8.39. The van der Waals surface area contributed by atoms with Crippen molar-refractivity contribution in [2.24, 2.45) is 5.41 Å². The van der Waals surface area contributed by atoms with Crippen molar-refractivity contribution in [2.45, 2.75) is 105 Å². The molecule has 38 heavy (non-hydrogen) atoms. The number of carbonyl (C=O) groups is 2. The minimum absolute atomic E-state index is 0.233. The van der Waals surface area contributed by atoms with Gasteiger partial charge in [-0.05, 0) is 86.3 Å². The van der Waals surface area contributed by atoms with Gasteiger partial charge in [0, 0.05) is 11.0 Å². The second-order valence-corrected chi connectivity index (χ2v) is 12.1. The standard InChI is InChI=1S/C33H47NO4/c1-11-32(12-2,26-16-17-27(23(5)21-26)28(35)34-31(9,10)29(36)37)25-15-14-24(22(4)20-25)18-19-33(38,13-3)30(6,7)8/h14-21,38H,11-13H2,1-10H3,(H,34,35)(H,36,37)/b19-18+. The fraction of sp³-hybridized carbons (Fsp3) is 0.515. The second kappa shape index (κ2) is 11.4. The first kappa shape index (κ1) is 31.3. The average Bonchev–Trinajstić information content (AvgIpc) is 2.83. The Morgan fingerprint density at radius 3 is 1.79 bits per heavy atom. The molecular formula is C33H47NO4. The fourth-order valence-corrected chi connectivity index (χ4v) is 5.14. The number of carboxylic acids is 1. The third kappa shape index (κ3) is 6.20. The highest BCUT2D eigenvalue weighted by Gasteiger charge is 2.36. The molecule has 5 nitrogen and oxygen atoms in total. The van der Waals surface area contributed by atoms with Gasteiger partial charge in [-0.1, -0.05) is 84.0 Å². The minimum atomic E-state index is -1.35. The molecular weight excluding hydrogens is 474 g/mol. The van der Waals surface area contributed by atoms with E-state index >= 15 is 0 Å². The van der Waals surface area contributed by atoms with Crippen molar-refractivity contribution in [3.05, 3.63) is 75.9 Å². The summed E-state index contributed by atoms with van der Waals surface area (Å²) in [4.78, 5) is 24.3. The van der Waals surface area contributed by atoms with E-state index < -0.39 is 23.0 Å². The average molecular weight is 522 g/mol. The van der Waals surface area contributed by atoms with Gasteiger partial charge in [-0.15, -0.1) is 0 Å². The number of aryl methyl sites for hydroxylation is 2. The van der Waals surface area contributed by atoms with E-state index in [1.165, 1.54) is 19.4 Å². The second-order valence-electron chi connectivity index (χ2n) is 12.1. The van der Waals surface area contributed by atoms with Crippen LogP contribution in [0.3, 0.4) is 0 Å². The van der Waals surface area contributed by atoms with Crippen LogP contribution in [0.1, 0.15) is 113 Å². The Balaban J connectivity index is 2.48. The van der Waals surface area contributed by atoms with Crippen LogP contribution in [0.4, 0.5) is 0 Å². The Morgan fingerprint density at radius 2 is 1.37 bits per heavy atom. The van der Waals surface area contributed by atoms with Crippen LogP contribution in [0.15, 0.2) is 42.5 Å². The maximum absolute atomic E-state index is 12.9. The van der Waals surface area contributed by atoms with Gasteiger partial charge >= 0.3 is 5.97 Å². The number of carboxylic acid groups (broad SMARTS) is 1. The molecule has 2 rings (SSSR count). The Hall–Kier alpha value is -2.92. The molecule has 0 aliphatic heterocycles. The lowest BCUT2D eigenvalue weighted by molar-refractivity contribution is -0.143. The van der Waals surface area contributed by atoms with Gasteiger partial charge in [-0.25, -0.2) is 4.79 Å². The summed E-state index contributed by atoms with van der Waals surface area (Å²) in [5.41, 5.74) is 3.10. The zero-order valence-corrected chi connectivity index (χ0v) is 25.0. The van der Waals surface area contributed by atoms with E-state index in [0.29, 0.717) is 12.0 Å². The van der Waals surface area contributed by atoms with Crippen molar-refractivity contribution in [2.75, 3.05) is 0 Å². The van der Waals surface area contributed by atoms with Gasteiger partial charge in [0.25, 0.3) is 5.91 Å². The van der Waals surface area contributed by atoms with Gasteiger partial charge in [0.05, 0.1) is 5.60 Å². The zero-order chi connectivity index (χ0) is 29.1. The van der Waals surface area contributed by atoms with Crippen molar-refractivity contribution < 1.29 is 19.8 Å². The number of rotatable bonds is 10. The van der Waals surface area contributed by atoms with E-state index in [-0.39, 0.29) is 10.8 Å². The summed E-state index contributed by atoms with van der Waals surface area (Å²) in [6, 6.07) is 12.4. The predicted molar refractivity (Wildman–Crippen MR) is 157 cm³/mol. The van der Waals surface area contributed by atoms with Crippen molar-refractivity contribution in [3.63, 3.8) is 0 Å². The number of aliphatic hydroxyl groups is 1. The number of carbonyl (C=O) groups excluding carboxylic acids is 1. The summed E-state index contributed by atoms with van der Waals surface area (Å²) >= 11 is 0. The number of benzene rings is 2. The highest BCUT2D eigenvalue weighted by molar-refractivity contribution is 5.98. The quantitative estimate of drug-likeness (QED) is 0.308. The van der Waals surface area contributed by atoms with E-state index in [1.54, 1.807) is 6.07 Å². The summed E-state index contributed by atoms with van der Waals surface area (Å²) in [7, 11) is 0. The molecule has 0 heterocycles. The smallest absolute Gasteiger partial charge is 0.328 e. The van der Waals surface area contributed by atoms with Crippen molar-refractivity contribution in [1.82, 2.24) is 5.32 Å². The lowest BCUT2D eigenvalue weighted by Gasteiger charge is -2.37. The van der Waals surface area contributed by atoms with E-state index in [4.69, 9.17) is 0 Å². The largest absolute Gasteiger partial charge is 0.480 e. The van der Waals surface area contributed by atoms with Gasteiger partial charge in [-0.3, -0.25) is 4.79 Å². The molecule has 208 valence electrons. The van der Waals surface area contributed by atoms with Gasteiger partial charge in [-0.2, -0.15) is 0 Å². The molecule has 1 atom stereocenters. The Bertz CT molecular complexity index is 1200. The molecule has 0 fully saturated rings. The number of hydrogen-bond donors (Lipinski definition) is 3. The molecule has 0 radical (unpaired) electrons. The highest BCUT2D eigenvalue weighted by Crippen LogP contribution is 2.41. The fourth-order valence-electron chi connectivity index (χ4n) is 5.14. The van der Waals surface area contributed by atoms with Gasteiger partial charge in [0.15, 0.2) is 0 Å². The van der Waals surface area contributed by atoms with Crippen molar-refractivity contribution >= 4 is 18.0 Å². The number of aliphatic carboxylic acids is 1. The van der Waals surface area contributed by atoms with Crippen LogP contribution in [-0.2, 0) is 10.2 Å². The summed E-state index contributed by atoms with van der Waals surface area (Å²) in [5, 5.41) is 23.1. The maximum atomic E-state index is 12.9. The SMILES string of the molecule is CCC(CC)(c1ccc(/C=C/C(O)(CC)C(C)(C)C)c(C)c1)c1ccc(C(=O)NC(C)(C)C(=O)O)c(C)c1. The van der Waals surface area contributed by atoms with Crippen LogP contribution in [0.5, 0.6) is 0 Å². The van der Waals surface area contributed by atoms with Crippen LogP contribution in [0.25, 0.3) is 6.08 Å². The maximum Gasteiger partial charge on any atom is 0.328 e. The van der Waals surface area contributed by atoms with E-state index in [0.717, 1.165) is 35.1 Å². The lowest BCUT2D eigenvalue weighted by Crippen LogP contribution is -2.49. The topological polar surface area (TPSA) is 86.6 Å². The Morgan fingerprint density at radius 1 is 0.842 bits per heavy atom. The number of amides is 1. The van der Waals surface area contributed by atoms with E-state index in [2.05, 4.69) is 71.1 Å². The normalized spacial score (nSPS) is 14.4. The molecule has 1 amide bonds. The van der Waals surface area contributed by atoms with E-state index in [1.807, 2.05) is 32.1 Å². The van der Waals surface area contributed by atoms with E-state index in [9.17, 15) is 19.8 Å². The Kier molecular flexibility index (Phi) is 9.43. The molecule has 2 aromatic rings. The monoisotopic (exact) mass is 521 g/mol. The van der Waals surface area contributed by atoms with Gasteiger partial charge < -0.3 is 15.5 Å². The molecule has 0 saturated heterocycles. The number of nitrogens with one attached hydrogen (secondary N) is 1. The molecule has 0 aliphatic rings. The van der Waals surface area contributed by atoms with Crippen LogP contribution < -0.4 is 5.32 Å². The van der Waals surface area contributed by atoms with Crippen molar-refractivity contribution in [1.29, 1.82) is 0 Å². The number of hydrogen-bond acceptors (Lipinski definition) is 3. The summed E-state index contributed by atoms with van der Waals surface area (Å²) in [6.07, 6.45) is 6.37. The Labute approximate surface area is 229 Å². The minimum Gasteiger partial charge on any atom is -0.480 e. The molecule has 0 saturated carbocycles. The first-order chi connectivity index (χ1) is 17.5. The highest BCUT2D eigenvalue weighted by atomic mass is 16.4. The van der Waals surface area contributed by atoms with Crippen LogP contribution in [-0.4, -0.2) is 33.2 Å². The molecule has 0 bridgehead atoms. The first-order valence-corrected chi connectivity index (χ1v) is 13.7. The zero-order valence-electron chi connectivity index (χ0n) is 25.0. The molecule has 5 heteroatoms. The van der Waals surface area contributed by atoms with Gasteiger partial charge in [0.1, 0.15) is 5.54 Å². The van der Waals surface area contributed by atoms with Crippen LogP contribution >= 0.6 is 0 Å². The first-order valence-electron chi connectivity index (χ1n) is 13.7. The summed E-state index contributed by atoms with van der Waals surface area (Å²) in [6.45, 7) is 19.5. The van der Waals surface area contributed by atoms with Crippen LogP contribution in [0.2, 0.25) is 0 Å². The predicted octanol–water partition coefficient (Wildman–Crippen LogP) is 7.20. The molecule has 0 aliphatic carbocycles. The molecule has 2 aromatic carbocycles. The summed E-state index contributed by atoms with van der Waals surface area (Å²) in [5.74, 6) is -1.48. The molecule has 0 spiro atoms.